The number of fused-ring (bicyclic) bond motifs is 10. The molecule has 12 rings (SSSR count). The number of hydrogen-bond acceptors (Lipinski definition) is 2. The highest BCUT2D eigenvalue weighted by atomic mass is 15.2. The smallest absolute Gasteiger partial charge is 0.0568 e. The van der Waals surface area contributed by atoms with Gasteiger partial charge >= 0.3 is 0 Å². The summed E-state index contributed by atoms with van der Waals surface area (Å²) in [5.41, 5.74) is 15.3. The van der Waals surface area contributed by atoms with E-state index in [1.165, 1.54) is 76.1 Å². The van der Waals surface area contributed by atoms with Crippen molar-refractivity contribution in [2.45, 2.75) is 66.2 Å². The Hall–Kier alpha value is -8.14. The summed E-state index contributed by atoms with van der Waals surface area (Å²) in [6.45, 7) is 18.1. The third-order valence-electron chi connectivity index (χ3n) is 14.7. The molecule has 0 saturated heterocycles. The predicted octanol–water partition coefficient (Wildman–Crippen LogP) is 19.5. The van der Waals surface area contributed by atoms with Crippen molar-refractivity contribution in [3.8, 4) is 5.69 Å². The zero-order chi connectivity index (χ0) is 48.8. The molecule has 1 heterocycles. The Kier molecular flexibility index (Phi) is 10.4. The van der Waals surface area contributed by atoms with Gasteiger partial charge < -0.3 is 14.4 Å². The zero-order valence-corrected chi connectivity index (χ0v) is 42.0. The third-order valence-corrected chi connectivity index (χ3v) is 14.7. The van der Waals surface area contributed by atoms with Gasteiger partial charge in [-0.1, -0.05) is 187 Å². The van der Waals surface area contributed by atoms with Gasteiger partial charge in [0.25, 0.3) is 0 Å². The Balaban J connectivity index is 1.27. The number of aromatic nitrogens is 1. The lowest BCUT2D eigenvalue weighted by Gasteiger charge is -2.29. The minimum absolute atomic E-state index is 0.0221. The summed E-state index contributed by atoms with van der Waals surface area (Å²) >= 11 is 0. The predicted molar refractivity (Wildman–Crippen MR) is 307 cm³/mol. The van der Waals surface area contributed by atoms with Crippen molar-refractivity contribution in [3.05, 3.63) is 235 Å². The van der Waals surface area contributed by atoms with Gasteiger partial charge in [0.05, 0.1) is 28.1 Å². The Bertz CT molecular complexity index is 3820. The minimum Gasteiger partial charge on any atom is -0.310 e. The molecule has 0 saturated carbocycles. The highest BCUT2D eigenvalue weighted by molar-refractivity contribution is 6.32. The van der Waals surface area contributed by atoms with Crippen molar-refractivity contribution in [2.24, 2.45) is 0 Å². The number of anilines is 6. The molecule has 0 bridgehead atoms. The van der Waals surface area contributed by atoms with E-state index in [0.717, 1.165) is 50.8 Å². The molecule has 0 atom stereocenters. The average molecular weight is 918 g/mol. The fourth-order valence-corrected chi connectivity index (χ4v) is 11.2. The Morgan fingerprint density at radius 2 is 0.718 bits per heavy atom. The third kappa shape index (κ3) is 7.50. The molecule has 0 aliphatic carbocycles. The van der Waals surface area contributed by atoms with Gasteiger partial charge in [0, 0.05) is 49.7 Å². The highest BCUT2D eigenvalue weighted by Gasteiger charge is 2.27. The zero-order valence-electron chi connectivity index (χ0n) is 42.0. The fourth-order valence-electron chi connectivity index (χ4n) is 11.2. The molecule has 3 nitrogen and oxygen atoms in total. The maximum atomic E-state index is 2.60. The summed E-state index contributed by atoms with van der Waals surface area (Å²) in [4.78, 5) is 4.96. The monoisotopic (exact) mass is 917 g/mol. The van der Waals surface area contributed by atoms with E-state index >= 15 is 0 Å². The van der Waals surface area contributed by atoms with Crippen LogP contribution in [0.4, 0.5) is 34.1 Å². The molecule has 0 aliphatic heterocycles. The lowest BCUT2D eigenvalue weighted by molar-refractivity contribution is 0.590. The first-order valence-corrected chi connectivity index (χ1v) is 25.1. The van der Waals surface area contributed by atoms with Crippen LogP contribution in [0.3, 0.4) is 0 Å². The first-order valence-electron chi connectivity index (χ1n) is 25.1. The number of aryl methyl sites for hydroxylation is 2. The highest BCUT2D eigenvalue weighted by Crippen LogP contribution is 2.51. The number of nitrogens with zero attached hydrogens (tertiary/aromatic N) is 3. The SMILES string of the molecule is Cc1cccc(N(c2ccc(C(C)(C)C)cc2)c2cc3c(c4ccccc24)c2c4ccccc4c(N(c4ccc(C(C)(C)C)cc4)c4cccc(C)c4)cc2n3-c2cc3ccccc3c3ccccc23)c1. The molecule has 0 spiro atoms. The summed E-state index contributed by atoms with van der Waals surface area (Å²) in [7, 11) is 0. The molecule has 11 aromatic carbocycles. The molecule has 0 fully saturated rings. The average Bonchev–Trinajstić information content (AvgIpc) is 3.70. The van der Waals surface area contributed by atoms with E-state index in [2.05, 4.69) is 282 Å². The molecule has 0 unspecified atom stereocenters. The Morgan fingerprint density at radius 3 is 1.15 bits per heavy atom. The Labute approximate surface area is 417 Å². The van der Waals surface area contributed by atoms with Gasteiger partial charge in [-0.05, 0) is 141 Å². The van der Waals surface area contributed by atoms with Crippen molar-refractivity contribution < 1.29 is 0 Å². The quantitative estimate of drug-likeness (QED) is 0.148. The fraction of sp³-hybridized carbons (Fsp3) is 0.147. The van der Waals surface area contributed by atoms with Crippen LogP contribution in [0.5, 0.6) is 0 Å². The largest absolute Gasteiger partial charge is 0.310 e. The van der Waals surface area contributed by atoms with Crippen LogP contribution in [0.1, 0.15) is 63.8 Å². The van der Waals surface area contributed by atoms with Crippen molar-refractivity contribution >= 4 is 99.0 Å². The van der Waals surface area contributed by atoms with Crippen LogP contribution >= 0.6 is 0 Å². The van der Waals surface area contributed by atoms with Crippen LogP contribution in [0.25, 0.3) is 70.6 Å². The maximum Gasteiger partial charge on any atom is 0.0568 e. The molecule has 0 N–H and O–H groups in total. The summed E-state index contributed by atoms with van der Waals surface area (Å²) < 4.78 is 2.60. The number of hydrogen-bond donors (Lipinski definition) is 0. The van der Waals surface area contributed by atoms with Crippen LogP contribution < -0.4 is 9.80 Å². The molecule has 71 heavy (non-hydrogen) atoms. The van der Waals surface area contributed by atoms with E-state index in [4.69, 9.17) is 0 Å². The molecule has 346 valence electrons. The second-order valence-electron chi connectivity index (χ2n) is 21.6. The summed E-state index contributed by atoms with van der Waals surface area (Å²) in [6.07, 6.45) is 0. The standard InChI is InChI=1S/C68H59N3/c1-44-19-17-22-51(39-44)69(49-35-31-47(32-36-49)67(3,4)5)61-42-63-65(58-29-15-13-27-56(58)61)66-59-30-16-14-28-57(59)62(70(52-23-18-20-45(2)40-52)50-37-33-48(34-38-50)68(6,7)8)43-64(66)71(63)60-41-46-21-9-10-24-53(46)54-25-11-12-26-55(54)60/h9-43H,1-8H3. The van der Waals surface area contributed by atoms with Crippen molar-refractivity contribution in [1.29, 1.82) is 0 Å². The molecular formula is C68H59N3. The van der Waals surface area contributed by atoms with Crippen LogP contribution in [0, 0.1) is 13.8 Å². The molecule has 0 radical (unpaired) electrons. The van der Waals surface area contributed by atoms with Crippen LogP contribution in [0.2, 0.25) is 0 Å². The van der Waals surface area contributed by atoms with Gasteiger partial charge in [-0.3, -0.25) is 0 Å². The van der Waals surface area contributed by atoms with Crippen LogP contribution in [-0.2, 0) is 10.8 Å². The van der Waals surface area contributed by atoms with Crippen LogP contribution in [0.15, 0.2) is 212 Å². The van der Waals surface area contributed by atoms with E-state index in [1.54, 1.807) is 0 Å². The summed E-state index contributed by atoms with van der Waals surface area (Å²) in [6, 6.07) is 79.7. The van der Waals surface area contributed by atoms with Gasteiger partial charge in [-0.2, -0.15) is 0 Å². The van der Waals surface area contributed by atoms with Crippen molar-refractivity contribution in [1.82, 2.24) is 4.57 Å². The van der Waals surface area contributed by atoms with E-state index in [9.17, 15) is 0 Å². The van der Waals surface area contributed by atoms with E-state index in [-0.39, 0.29) is 10.8 Å². The molecule has 0 amide bonds. The summed E-state index contributed by atoms with van der Waals surface area (Å²) in [5.74, 6) is 0. The molecule has 0 aliphatic rings. The first-order chi connectivity index (χ1) is 34.3. The van der Waals surface area contributed by atoms with E-state index in [0.29, 0.717) is 0 Å². The second kappa shape index (κ2) is 16.8. The topological polar surface area (TPSA) is 11.4 Å². The van der Waals surface area contributed by atoms with E-state index < -0.39 is 0 Å². The van der Waals surface area contributed by atoms with E-state index in [1.807, 2.05) is 0 Å². The molecule has 12 aromatic rings. The first kappa shape index (κ1) is 44.1. The number of rotatable bonds is 7. The lowest BCUT2D eigenvalue weighted by Crippen LogP contribution is -2.13. The van der Waals surface area contributed by atoms with Gasteiger partial charge in [-0.25, -0.2) is 0 Å². The van der Waals surface area contributed by atoms with Gasteiger partial charge in [-0.15, -0.1) is 0 Å². The van der Waals surface area contributed by atoms with Gasteiger partial charge in [0.15, 0.2) is 0 Å². The molecular weight excluding hydrogens is 859 g/mol. The second-order valence-corrected chi connectivity index (χ2v) is 21.6. The van der Waals surface area contributed by atoms with Gasteiger partial charge in [0.1, 0.15) is 0 Å². The van der Waals surface area contributed by atoms with Crippen molar-refractivity contribution in [3.63, 3.8) is 0 Å². The maximum absolute atomic E-state index is 2.60. The number of benzene rings is 11. The Morgan fingerprint density at radius 1 is 0.324 bits per heavy atom. The minimum atomic E-state index is 0.0221. The summed E-state index contributed by atoms with van der Waals surface area (Å²) in [5, 5.41) is 12.2. The lowest BCUT2D eigenvalue weighted by atomic mass is 9.87. The normalized spacial score (nSPS) is 12.2. The van der Waals surface area contributed by atoms with Crippen LogP contribution in [-0.4, -0.2) is 4.57 Å². The molecule has 1 aromatic heterocycles. The van der Waals surface area contributed by atoms with Gasteiger partial charge in [0.2, 0.25) is 0 Å². The molecule has 3 heteroatoms. The van der Waals surface area contributed by atoms with Crippen molar-refractivity contribution in [2.75, 3.05) is 9.80 Å².